The number of hydrogen-bond acceptors (Lipinski definition) is 4. The molecule has 1 unspecified atom stereocenters. The molecule has 0 N–H and O–H groups in total. The van der Waals surface area contributed by atoms with Crippen molar-refractivity contribution in [2.75, 3.05) is 19.7 Å². The topological polar surface area (TPSA) is 55.3 Å². The van der Waals surface area contributed by atoms with Gasteiger partial charge in [-0.25, -0.2) is 9.97 Å². The molecule has 1 aromatic rings. The first kappa shape index (κ1) is 16.1. The number of piperidine rings is 1. The fraction of sp³-hybridized carbons (Fsp3) is 0.611. The van der Waals surface area contributed by atoms with Crippen LogP contribution in [0.4, 0.5) is 0 Å². The van der Waals surface area contributed by atoms with E-state index in [4.69, 9.17) is 4.74 Å². The van der Waals surface area contributed by atoms with Gasteiger partial charge in [0.25, 0.3) is 0 Å². The monoisotopic (exact) mass is 315 g/mol. The molecule has 0 aromatic carbocycles. The molecule has 3 rings (SSSR count). The molecule has 2 saturated heterocycles. The molecule has 2 fully saturated rings. The molecule has 0 saturated carbocycles. The maximum atomic E-state index is 12.0. The third-order valence-electron chi connectivity index (χ3n) is 5.18. The number of ether oxygens (including phenoxy) is 1. The summed E-state index contributed by atoms with van der Waals surface area (Å²) >= 11 is 0. The number of rotatable bonds is 3. The summed E-state index contributed by atoms with van der Waals surface area (Å²) < 4.78 is 6.14. The number of likely N-dealkylation sites (tertiary alicyclic amines) is 1. The lowest BCUT2D eigenvalue weighted by molar-refractivity contribution is -0.133. The van der Waals surface area contributed by atoms with Gasteiger partial charge in [0.15, 0.2) is 0 Å². The van der Waals surface area contributed by atoms with Gasteiger partial charge in [-0.05, 0) is 43.6 Å². The van der Waals surface area contributed by atoms with Crippen LogP contribution in [0.1, 0.15) is 38.2 Å². The highest BCUT2D eigenvalue weighted by atomic mass is 16.5. The highest BCUT2D eigenvalue weighted by Crippen LogP contribution is 2.41. The van der Waals surface area contributed by atoms with E-state index in [9.17, 15) is 4.79 Å². The number of carbonyl (C=O) groups is 1. The summed E-state index contributed by atoms with van der Waals surface area (Å²) in [6.45, 7) is 8.00. The van der Waals surface area contributed by atoms with Gasteiger partial charge in [-0.2, -0.15) is 0 Å². The van der Waals surface area contributed by atoms with Gasteiger partial charge in [0, 0.05) is 37.5 Å². The van der Waals surface area contributed by atoms with Crippen molar-refractivity contribution >= 4 is 5.91 Å². The lowest BCUT2D eigenvalue weighted by Gasteiger charge is -2.45. The lowest BCUT2D eigenvalue weighted by Crippen LogP contribution is -2.47. The van der Waals surface area contributed by atoms with Gasteiger partial charge in [-0.15, -0.1) is 0 Å². The van der Waals surface area contributed by atoms with Crippen LogP contribution in [0.15, 0.2) is 30.9 Å². The van der Waals surface area contributed by atoms with E-state index in [0.29, 0.717) is 5.57 Å². The Kier molecular flexibility index (Phi) is 4.76. The van der Waals surface area contributed by atoms with Crippen LogP contribution in [0.3, 0.4) is 0 Å². The molecule has 5 nitrogen and oxygen atoms in total. The highest BCUT2D eigenvalue weighted by Gasteiger charge is 2.39. The average Bonchev–Trinajstić information content (AvgIpc) is 2.58. The van der Waals surface area contributed by atoms with Crippen LogP contribution in [-0.4, -0.2) is 46.6 Å². The molecule has 0 radical (unpaired) electrons. The first-order valence-electron chi connectivity index (χ1n) is 8.38. The van der Waals surface area contributed by atoms with E-state index in [0.717, 1.165) is 50.9 Å². The summed E-state index contributed by atoms with van der Waals surface area (Å²) in [5.41, 5.74) is 2.02. The Morgan fingerprint density at radius 1 is 1.35 bits per heavy atom. The van der Waals surface area contributed by atoms with Crippen molar-refractivity contribution in [3.8, 4) is 0 Å². The van der Waals surface area contributed by atoms with Gasteiger partial charge in [-0.1, -0.05) is 6.58 Å². The molecule has 2 aliphatic heterocycles. The van der Waals surface area contributed by atoms with Crippen molar-refractivity contribution in [3.05, 3.63) is 36.4 Å². The van der Waals surface area contributed by atoms with E-state index in [-0.39, 0.29) is 17.4 Å². The van der Waals surface area contributed by atoms with Crippen LogP contribution in [0.25, 0.3) is 0 Å². The zero-order chi connectivity index (χ0) is 16.3. The Hall–Kier alpha value is -1.75. The lowest BCUT2D eigenvalue weighted by atomic mass is 9.73. The number of carbonyl (C=O) groups excluding carboxylic acids is 1. The van der Waals surface area contributed by atoms with E-state index >= 15 is 0 Å². The third kappa shape index (κ3) is 3.78. The molecule has 1 atom stereocenters. The van der Waals surface area contributed by atoms with E-state index < -0.39 is 0 Å². The minimum absolute atomic E-state index is 0.0959. The quantitative estimate of drug-likeness (QED) is 0.804. The van der Waals surface area contributed by atoms with Crippen LogP contribution >= 0.6 is 0 Å². The molecule has 0 bridgehead atoms. The average molecular weight is 315 g/mol. The molecule has 1 aromatic heterocycles. The predicted molar refractivity (Wildman–Crippen MR) is 87.8 cm³/mol. The van der Waals surface area contributed by atoms with Crippen LogP contribution < -0.4 is 0 Å². The number of hydrogen-bond donors (Lipinski definition) is 0. The summed E-state index contributed by atoms with van der Waals surface area (Å²) in [6, 6.07) is 0. The second-order valence-electron chi connectivity index (χ2n) is 7.00. The molecule has 2 aliphatic rings. The summed E-state index contributed by atoms with van der Waals surface area (Å²) in [5, 5.41) is 0. The minimum atomic E-state index is 0.0959. The van der Waals surface area contributed by atoms with Gasteiger partial charge < -0.3 is 9.64 Å². The second kappa shape index (κ2) is 6.79. The van der Waals surface area contributed by atoms with Crippen molar-refractivity contribution in [3.63, 3.8) is 0 Å². The molecular weight excluding hydrogens is 290 g/mol. The molecule has 23 heavy (non-hydrogen) atoms. The second-order valence-corrected chi connectivity index (χ2v) is 7.00. The van der Waals surface area contributed by atoms with Crippen LogP contribution in [0.2, 0.25) is 0 Å². The van der Waals surface area contributed by atoms with E-state index in [1.165, 1.54) is 6.42 Å². The number of nitrogens with zero attached hydrogens (tertiary/aromatic N) is 3. The van der Waals surface area contributed by atoms with Crippen molar-refractivity contribution in [1.82, 2.24) is 14.9 Å². The molecule has 1 amide bonds. The standard InChI is InChI=1S/C18H25N3O2/c1-14(2)17(22)21-7-5-18(6-8-21)4-3-16(23-12-18)9-15-10-19-13-20-11-15/h10-11,13,16H,1,3-9,12H2,2H3. The van der Waals surface area contributed by atoms with Gasteiger partial charge >= 0.3 is 0 Å². The zero-order valence-corrected chi connectivity index (χ0v) is 13.8. The Labute approximate surface area is 137 Å². The Balaban J connectivity index is 1.49. The van der Waals surface area contributed by atoms with Crippen molar-refractivity contribution in [2.45, 2.75) is 45.1 Å². The number of aromatic nitrogens is 2. The predicted octanol–water partition coefficient (Wildman–Crippen LogP) is 2.38. The van der Waals surface area contributed by atoms with Gasteiger partial charge in [0.1, 0.15) is 6.33 Å². The third-order valence-corrected chi connectivity index (χ3v) is 5.18. The minimum Gasteiger partial charge on any atom is -0.377 e. The molecule has 5 heteroatoms. The fourth-order valence-corrected chi connectivity index (χ4v) is 3.62. The SMILES string of the molecule is C=C(C)C(=O)N1CCC2(CCC(Cc3cncnc3)OC2)CC1. The maximum Gasteiger partial charge on any atom is 0.248 e. The van der Waals surface area contributed by atoms with Gasteiger partial charge in [-0.3, -0.25) is 4.79 Å². The molecule has 0 aliphatic carbocycles. The van der Waals surface area contributed by atoms with Crippen LogP contribution in [0.5, 0.6) is 0 Å². The summed E-state index contributed by atoms with van der Waals surface area (Å²) in [6.07, 6.45) is 10.8. The smallest absolute Gasteiger partial charge is 0.248 e. The largest absolute Gasteiger partial charge is 0.377 e. The number of amides is 1. The van der Waals surface area contributed by atoms with Crippen molar-refractivity contribution in [1.29, 1.82) is 0 Å². The summed E-state index contributed by atoms with van der Waals surface area (Å²) in [5.74, 6) is 0.0959. The van der Waals surface area contributed by atoms with E-state index in [2.05, 4.69) is 16.5 Å². The fourth-order valence-electron chi connectivity index (χ4n) is 3.62. The molecular formula is C18H25N3O2. The maximum absolute atomic E-state index is 12.0. The van der Waals surface area contributed by atoms with Crippen LogP contribution in [-0.2, 0) is 16.0 Å². The Bertz CT molecular complexity index is 555. The van der Waals surface area contributed by atoms with Gasteiger partial charge in [0.2, 0.25) is 5.91 Å². The first-order valence-corrected chi connectivity index (χ1v) is 8.38. The highest BCUT2D eigenvalue weighted by molar-refractivity contribution is 5.92. The van der Waals surface area contributed by atoms with Crippen molar-refractivity contribution in [2.24, 2.45) is 5.41 Å². The normalized spacial score (nSPS) is 23.7. The summed E-state index contributed by atoms with van der Waals surface area (Å²) in [4.78, 5) is 22.1. The van der Waals surface area contributed by atoms with Crippen molar-refractivity contribution < 1.29 is 9.53 Å². The molecule has 1 spiro atoms. The first-order chi connectivity index (χ1) is 11.1. The molecule has 124 valence electrons. The Morgan fingerprint density at radius 2 is 2.04 bits per heavy atom. The Morgan fingerprint density at radius 3 is 2.61 bits per heavy atom. The summed E-state index contributed by atoms with van der Waals surface area (Å²) in [7, 11) is 0. The molecule has 3 heterocycles. The van der Waals surface area contributed by atoms with Crippen LogP contribution in [0, 0.1) is 5.41 Å². The van der Waals surface area contributed by atoms with E-state index in [1.807, 2.05) is 17.3 Å². The van der Waals surface area contributed by atoms with Gasteiger partial charge in [0.05, 0.1) is 12.7 Å². The zero-order valence-electron chi connectivity index (χ0n) is 13.8. The van der Waals surface area contributed by atoms with E-state index in [1.54, 1.807) is 13.3 Å².